The van der Waals surface area contributed by atoms with Crippen LogP contribution in [0.3, 0.4) is 0 Å². The Balaban J connectivity index is 2.74. The topological polar surface area (TPSA) is 55.8 Å². The molecule has 1 saturated heterocycles. The van der Waals surface area contributed by atoms with Gasteiger partial charge in [-0.2, -0.15) is 0 Å². The number of amides is 1. The highest BCUT2D eigenvalue weighted by atomic mass is 16.5. The second kappa shape index (κ2) is 7.16. The molecule has 1 rings (SSSR count). The van der Waals surface area contributed by atoms with Crippen LogP contribution in [0.5, 0.6) is 0 Å². The Hall–Kier alpha value is -1.36. The van der Waals surface area contributed by atoms with Crippen LogP contribution in [0.2, 0.25) is 0 Å². The van der Waals surface area contributed by atoms with Crippen molar-refractivity contribution in [2.75, 3.05) is 26.9 Å². The van der Waals surface area contributed by atoms with Crippen LogP contribution in [0.15, 0.2) is 11.6 Å². The number of methoxy groups -OCH3 is 1. The highest BCUT2D eigenvalue weighted by Crippen LogP contribution is 2.11. The van der Waals surface area contributed by atoms with E-state index in [2.05, 4.69) is 11.7 Å². The minimum atomic E-state index is -0.623. The second-order valence-electron chi connectivity index (χ2n) is 4.39. The molecular formula is C13H21NO4. The molecular weight excluding hydrogens is 234 g/mol. The molecule has 1 atom stereocenters. The smallest absolute Gasteiger partial charge is 0.331 e. The van der Waals surface area contributed by atoms with Gasteiger partial charge in [-0.3, -0.25) is 4.79 Å². The van der Waals surface area contributed by atoms with E-state index in [1.807, 2.05) is 6.92 Å². The van der Waals surface area contributed by atoms with Crippen LogP contribution in [0.25, 0.3) is 0 Å². The van der Waals surface area contributed by atoms with Crippen molar-refractivity contribution < 1.29 is 19.1 Å². The van der Waals surface area contributed by atoms with Crippen molar-refractivity contribution in [3.05, 3.63) is 11.6 Å². The van der Waals surface area contributed by atoms with Gasteiger partial charge in [-0.05, 0) is 13.3 Å². The summed E-state index contributed by atoms with van der Waals surface area (Å²) in [4.78, 5) is 25.2. The third-order valence-corrected chi connectivity index (χ3v) is 2.90. The number of hydrogen-bond donors (Lipinski definition) is 0. The molecule has 0 aromatic heterocycles. The first-order valence-corrected chi connectivity index (χ1v) is 6.23. The molecule has 18 heavy (non-hydrogen) atoms. The fraction of sp³-hybridized carbons (Fsp3) is 0.692. The van der Waals surface area contributed by atoms with Crippen LogP contribution < -0.4 is 0 Å². The predicted molar refractivity (Wildman–Crippen MR) is 67.0 cm³/mol. The fourth-order valence-electron chi connectivity index (χ4n) is 1.96. The first-order valence-electron chi connectivity index (χ1n) is 6.23. The summed E-state index contributed by atoms with van der Waals surface area (Å²) >= 11 is 0. The summed E-state index contributed by atoms with van der Waals surface area (Å²) in [6.07, 6.45) is 3.49. The maximum atomic E-state index is 12.1. The van der Waals surface area contributed by atoms with Gasteiger partial charge in [-0.25, -0.2) is 4.79 Å². The Labute approximate surface area is 108 Å². The summed E-state index contributed by atoms with van der Waals surface area (Å²) in [6, 6.07) is -0.623. The molecule has 1 aliphatic heterocycles. The third kappa shape index (κ3) is 3.84. The predicted octanol–water partition coefficient (Wildman–Crippen LogP) is 1.13. The molecule has 0 aromatic carbocycles. The SMILES string of the molecule is CCCC(C)=CC(=O)N1CCOCC1C(=O)OC. The van der Waals surface area contributed by atoms with Crippen LogP contribution in [0, 0.1) is 0 Å². The summed E-state index contributed by atoms with van der Waals surface area (Å²) < 4.78 is 9.91. The van der Waals surface area contributed by atoms with Crippen LogP contribution in [0.1, 0.15) is 26.7 Å². The molecule has 0 N–H and O–H groups in total. The van der Waals surface area contributed by atoms with Gasteiger partial charge in [0.2, 0.25) is 5.91 Å². The number of carbonyl (C=O) groups is 2. The van der Waals surface area contributed by atoms with E-state index in [1.54, 1.807) is 6.08 Å². The lowest BCUT2D eigenvalue weighted by Crippen LogP contribution is -2.52. The minimum absolute atomic E-state index is 0.139. The third-order valence-electron chi connectivity index (χ3n) is 2.90. The lowest BCUT2D eigenvalue weighted by molar-refractivity contribution is -0.158. The number of morpholine rings is 1. The second-order valence-corrected chi connectivity index (χ2v) is 4.39. The molecule has 1 unspecified atom stereocenters. The number of allylic oxidation sites excluding steroid dienone is 1. The Morgan fingerprint density at radius 1 is 1.50 bits per heavy atom. The summed E-state index contributed by atoms with van der Waals surface area (Å²) in [5.74, 6) is -0.566. The van der Waals surface area contributed by atoms with Crippen molar-refractivity contribution in [3.8, 4) is 0 Å². The summed E-state index contributed by atoms with van der Waals surface area (Å²) in [7, 11) is 1.32. The van der Waals surface area contributed by atoms with Crippen molar-refractivity contribution >= 4 is 11.9 Å². The van der Waals surface area contributed by atoms with E-state index in [-0.39, 0.29) is 12.5 Å². The van der Waals surface area contributed by atoms with Crippen molar-refractivity contribution in [2.24, 2.45) is 0 Å². The van der Waals surface area contributed by atoms with E-state index in [4.69, 9.17) is 4.74 Å². The Kier molecular flexibility index (Phi) is 5.85. The molecule has 5 heteroatoms. The summed E-state index contributed by atoms with van der Waals surface area (Å²) in [5, 5.41) is 0. The molecule has 0 saturated carbocycles. The van der Waals surface area contributed by atoms with E-state index in [0.29, 0.717) is 13.2 Å². The van der Waals surface area contributed by atoms with Gasteiger partial charge in [0.05, 0.1) is 20.3 Å². The van der Waals surface area contributed by atoms with Gasteiger partial charge in [0, 0.05) is 12.6 Å². The van der Waals surface area contributed by atoms with Gasteiger partial charge in [0.1, 0.15) is 0 Å². The summed E-state index contributed by atoms with van der Waals surface area (Å²) in [5.41, 5.74) is 1.03. The summed E-state index contributed by atoms with van der Waals surface area (Å²) in [6.45, 7) is 5.08. The Bertz CT molecular complexity index is 338. The largest absolute Gasteiger partial charge is 0.467 e. The van der Waals surface area contributed by atoms with E-state index in [0.717, 1.165) is 18.4 Å². The van der Waals surface area contributed by atoms with Crippen LogP contribution in [-0.2, 0) is 19.1 Å². The monoisotopic (exact) mass is 255 g/mol. The molecule has 1 amide bonds. The van der Waals surface area contributed by atoms with E-state index >= 15 is 0 Å². The molecule has 0 aliphatic carbocycles. The number of esters is 1. The first kappa shape index (κ1) is 14.7. The van der Waals surface area contributed by atoms with Gasteiger partial charge in [0.25, 0.3) is 0 Å². The standard InChI is InChI=1S/C13H21NO4/c1-4-5-10(2)8-12(15)14-6-7-18-9-11(14)13(16)17-3/h8,11H,4-7,9H2,1-3H3. The van der Waals surface area contributed by atoms with Gasteiger partial charge < -0.3 is 14.4 Å². The van der Waals surface area contributed by atoms with Crippen LogP contribution >= 0.6 is 0 Å². The maximum Gasteiger partial charge on any atom is 0.331 e. The Morgan fingerprint density at radius 2 is 2.22 bits per heavy atom. The fourth-order valence-corrected chi connectivity index (χ4v) is 1.96. The van der Waals surface area contributed by atoms with E-state index in [9.17, 15) is 9.59 Å². The molecule has 0 aromatic rings. The van der Waals surface area contributed by atoms with Crippen molar-refractivity contribution in [1.29, 1.82) is 0 Å². The average molecular weight is 255 g/mol. The number of ether oxygens (including phenoxy) is 2. The molecule has 102 valence electrons. The van der Waals surface area contributed by atoms with Gasteiger partial charge >= 0.3 is 5.97 Å². The zero-order valence-electron chi connectivity index (χ0n) is 11.3. The first-order chi connectivity index (χ1) is 8.60. The minimum Gasteiger partial charge on any atom is -0.467 e. The number of rotatable bonds is 4. The van der Waals surface area contributed by atoms with E-state index < -0.39 is 12.0 Å². The Morgan fingerprint density at radius 3 is 2.83 bits per heavy atom. The molecule has 1 fully saturated rings. The van der Waals surface area contributed by atoms with Crippen LogP contribution in [0.4, 0.5) is 0 Å². The molecule has 5 nitrogen and oxygen atoms in total. The zero-order valence-corrected chi connectivity index (χ0v) is 11.3. The van der Waals surface area contributed by atoms with Gasteiger partial charge in [-0.1, -0.05) is 18.9 Å². The van der Waals surface area contributed by atoms with E-state index in [1.165, 1.54) is 12.0 Å². The van der Waals surface area contributed by atoms with Gasteiger partial charge in [0.15, 0.2) is 6.04 Å². The van der Waals surface area contributed by atoms with Crippen LogP contribution in [-0.4, -0.2) is 49.7 Å². The van der Waals surface area contributed by atoms with Crippen molar-refractivity contribution in [2.45, 2.75) is 32.7 Å². The number of hydrogen-bond acceptors (Lipinski definition) is 4. The number of carbonyl (C=O) groups excluding carboxylic acids is 2. The molecule has 0 radical (unpaired) electrons. The quantitative estimate of drug-likeness (QED) is 0.558. The highest BCUT2D eigenvalue weighted by molar-refractivity contribution is 5.92. The maximum absolute atomic E-state index is 12.1. The lowest BCUT2D eigenvalue weighted by Gasteiger charge is -2.33. The molecule has 0 bridgehead atoms. The number of nitrogens with zero attached hydrogens (tertiary/aromatic N) is 1. The molecule has 0 spiro atoms. The van der Waals surface area contributed by atoms with Crippen molar-refractivity contribution in [1.82, 2.24) is 4.90 Å². The average Bonchev–Trinajstić information content (AvgIpc) is 2.38. The van der Waals surface area contributed by atoms with Gasteiger partial charge in [-0.15, -0.1) is 0 Å². The highest BCUT2D eigenvalue weighted by Gasteiger charge is 2.32. The molecule has 1 heterocycles. The molecule has 1 aliphatic rings. The lowest BCUT2D eigenvalue weighted by atomic mass is 10.1. The zero-order chi connectivity index (χ0) is 13.5. The van der Waals surface area contributed by atoms with Crippen molar-refractivity contribution in [3.63, 3.8) is 0 Å². The normalized spacial score (nSPS) is 20.7.